The fourth-order valence-electron chi connectivity index (χ4n) is 2.14. The molecule has 17 heavy (non-hydrogen) atoms. The molecule has 0 saturated heterocycles. The molecule has 0 amide bonds. The molecule has 3 rings (SSSR count). The molecule has 2 aromatic rings. The molecule has 0 bridgehead atoms. The highest BCUT2D eigenvalue weighted by atomic mass is 16.5. The summed E-state index contributed by atoms with van der Waals surface area (Å²) in [7, 11) is 0. The van der Waals surface area contributed by atoms with Crippen LogP contribution in [0, 0.1) is 0 Å². The van der Waals surface area contributed by atoms with E-state index in [1.165, 1.54) is 10.5 Å². The molecule has 0 spiro atoms. The first kappa shape index (κ1) is 9.89. The zero-order valence-electron chi connectivity index (χ0n) is 8.84. The van der Waals surface area contributed by atoms with E-state index in [0.29, 0.717) is 24.3 Å². The van der Waals surface area contributed by atoms with E-state index >= 15 is 0 Å². The van der Waals surface area contributed by atoms with Gasteiger partial charge in [-0.3, -0.25) is 9.20 Å². The SMILES string of the molecule is O=C(O)c1cc2c3c(cccn3c1=O)OCC2. The predicted octanol–water partition coefficient (Wildman–Crippen LogP) is 0.933. The van der Waals surface area contributed by atoms with Crippen molar-refractivity contribution in [3.8, 4) is 5.75 Å². The lowest BCUT2D eigenvalue weighted by Crippen LogP contribution is -2.25. The molecule has 86 valence electrons. The number of nitrogens with zero attached hydrogens (tertiary/aromatic N) is 1. The van der Waals surface area contributed by atoms with Gasteiger partial charge in [0.25, 0.3) is 5.56 Å². The third-order valence-corrected chi connectivity index (χ3v) is 2.89. The van der Waals surface area contributed by atoms with Gasteiger partial charge in [-0.1, -0.05) is 0 Å². The number of pyridine rings is 2. The minimum Gasteiger partial charge on any atom is -0.491 e. The first-order chi connectivity index (χ1) is 8.18. The molecular weight excluding hydrogens is 222 g/mol. The predicted molar refractivity (Wildman–Crippen MR) is 59.8 cm³/mol. The largest absolute Gasteiger partial charge is 0.491 e. The molecular formula is C12H9NO4. The Morgan fingerprint density at radius 1 is 1.47 bits per heavy atom. The van der Waals surface area contributed by atoms with E-state index in [1.807, 2.05) is 0 Å². The summed E-state index contributed by atoms with van der Waals surface area (Å²) < 4.78 is 6.78. The Morgan fingerprint density at radius 2 is 2.29 bits per heavy atom. The summed E-state index contributed by atoms with van der Waals surface area (Å²) in [5, 5.41) is 8.99. The lowest BCUT2D eigenvalue weighted by atomic mass is 10.1. The van der Waals surface area contributed by atoms with E-state index in [1.54, 1.807) is 18.3 Å². The molecule has 0 atom stereocenters. The molecule has 5 nitrogen and oxygen atoms in total. The summed E-state index contributed by atoms with van der Waals surface area (Å²) >= 11 is 0. The van der Waals surface area contributed by atoms with Crippen LogP contribution in [-0.4, -0.2) is 22.1 Å². The van der Waals surface area contributed by atoms with E-state index in [0.717, 1.165) is 5.56 Å². The minimum atomic E-state index is -1.20. The molecule has 1 N–H and O–H groups in total. The molecule has 1 aliphatic heterocycles. The van der Waals surface area contributed by atoms with E-state index < -0.39 is 11.5 Å². The number of ether oxygens (including phenoxy) is 1. The van der Waals surface area contributed by atoms with Crippen molar-refractivity contribution in [2.24, 2.45) is 0 Å². The van der Waals surface area contributed by atoms with Crippen molar-refractivity contribution in [1.82, 2.24) is 4.40 Å². The maximum absolute atomic E-state index is 11.9. The molecule has 5 heteroatoms. The van der Waals surface area contributed by atoms with Crippen LogP contribution in [0.15, 0.2) is 29.2 Å². The summed E-state index contributed by atoms with van der Waals surface area (Å²) in [5.74, 6) is -0.569. The zero-order valence-corrected chi connectivity index (χ0v) is 8.84. The third kappa shape index (κ3) is 1.32. The van der Waals surface area contributed by atoms with Crippen LogP contribution in [0.5, 0.6) is 5.75 Å². The first-order valence-corrected chi connectivity index (χ1v) is 5.22. The second-order valence-electron chi connectivity index (χ2n) is 3.88. The minimum absolute atomic E-state index is 0.198. The molecule has 2 aromatic heterocycles. The van der Waals surface area contributed by atoms with Gasteiger partial charge in [0.05, 0.1) is 12.1 Å². The summed E-state index contributed by atoms with van der Waals surface area (Å²) in [4.78, 5) is 22.9. The standard InChI is InChI=1S/C12H9NO4/c14-11-8(12(15)16)6-7-3-5-17-9-2-1-4-13(11)10(7)9/h1-2,4,6H,3,5H2,(H,15,16). The zero-order chi connectivity index (χ0) is 12.0. The molecule has 0 fully saturated rings. The summed E-state index contributed by atoms with van der Waals surface area (Å²) in [6.07, 6.45) is 2.17. The Hall–Kier alpha value is -2.30. The van der Waals surface area contributed by atoms with Crippen LogP contribution < -0.4 is 10.3 Å². The topological polar surface area (TPSA) is 68.0 Å². The van der Waals surface area contributed by atoms with Gasteiger partial charge in [-0.25, -0.2) is 4.79 Å². The second kappa shape index (κ2) is 3.35. The van der Waals surface area contributed by atoms with Crippen molar-refractivity contribution in [1.29, 1.82) is 0 Å². The number of aromatic carboxylic acids is 1. The van der Waals surface area contributed by atoms with Crippen molar-refractivity contribution in [3.63, 3.8) is 0 Å². The molecule has 0 aliphatic carbocycles. The Labute approximate surface area is 95.9 Å². The number of hydrogen-bond donors (Lipinski definition) is 1. The molecule has 3 heterocycles. The molecule has 1 aliphatic rings. The Morgan fingerprint density at radius 3 is 3.06 bits per heavy atom. The summed E-state index contributed by atoms with van der Waals surface area (Å²) in [5.41, 5.74) is 0.790. The van der Waals surface area contributed by atoms with Gasteiger partial charge in [0.15, 0.2) is 0 Å². The third-order valence-electron chi connectivity index (χ3n) is 2.89. The molecule has 0 saturated carbocycles. The van der Waals surface area contributed by atoms with Crippen LogP contribution in [0.2, 0.25) is 0 Å². The van der Waals surface area contributed by atoms with Crippen molar-refractivity contribution < 1.29 is 14.6 Å². The normalized spacial score (nSPS) is 13.4. The molecule has 0 aromatic carbocycles. The number of hydrogen-bond acceptors (Lipinski definition) is 3. The van der Waals surface area contributed by atoms with Gasteiger partial charge < -0.3 is 9.84 Å². The van der Waals surface area contributed by atoms with E-state index in [2.05, 4.69) is 0 Å². The van der Waals surface area contributed by atoms with Gasteiger partial charge in [-0.15, -0.1) is 0 Å². The monoisotopic (exact) mass is 231 g/mol. The van der Waals surface area contributed by atoms with Gasteiger partial charge in [-0.05, 0) is 23.8 Å². The second-order valence-corrected chi connectivity index (χ2v) is 3.88. The fourth-order valence-corrected chi connectivity index (χ4v) is 2.14. The maximum atomic E-state index is 11.9. The maximum Gasteiger partial charge on any atom is 0.341 e. The van der Waals surface area contributed by atoms with Crippen molar-refractivity contribution in [2.45, 2.75) is 6.42 Å². The van der Waals surface area contributed by atoms with Crippen LogP contribution in [0.25, 0.3) is 5.52 Å². The number of carbonyl (C=O) groups is 1. The van der Waals surface area contributed by atoms with Crippen LogP contribution >= 0.6 is 0 Å². The Balaban J connectivity index is 2.51. The fraction of sp³-hybridized carbons (Fsp3) is 0.167. The van der Waals surface area contributed by atoms with Crippen LogP contribution in [-0.2, 0) is 6.42 Å². The van der Waals surface area contributed by atoms with Crippen LogP contribution in [0.3, 0.4) is 0 Å². The van der Waals surface area contributed by atoms with Gasteiger partial charge in [0, 0.05) is 12.6 Å². The smallest absolute Gasteiger partial charge is 0.341 e. The number of carboxylic acid groups (broad SMARTS) is 1. The lowest BCUT2D eigenvalue weighted by molar-refractivity contribution is 0.0694. The number of aromatic nitrogens is 1. The Kier molecular flexibility index (Phi) is 1.95. The number of carboxylic acids is 1. The quantitative estimate of drug-likeness (QED) is 0.792. The van der Waals surface area contributed by atoms with Crippen LogP contribution in [0.1, 0.15) is 15.9 Å². The van der Waals surface area contributed by atoms with Crippen molar-refractivity contribution >= 4 is 11.5 Å². The van der Waals surface area contributed by atoms with Crippen molar-refractivity contribution in [2.75, 3.05) is 6.61 Å². The van der Waals surface area contributed by atoms with Gasteiger partial charge >= 0.3 is 5.97 Å². The van der Waals surface area contributed by atoms with E-state index in [9.17, 15) is 9.59 Å². The highest BCUT2D eigenvalue weighted by Crippen LogP contribution is 2.26. The number of rotatable bonds is 1. The lowest BCUT2D eigenvalue weighted by Gasteiger charge is -2.18. The molecule has 0 unspecified atom stereocenters. The van der Waals surface area contributed by atoms with Gasteiger partial charge in [0.2, 0.25) is 0 Å². The highest BCUT2D eigenvalue weighted by Gasteiger charge is 2.19. The van der Waals surface area contributed by atoms with Crippen LogP contribution in [0.4, 0.5) is 0 Å². The summed E-state index contributed by atoms with van der Waals surface area (Å²) in [6.45, 7) is 0.504. The Bertz CT molecular complexity index is 687. The average molecular weight is 231 g/mol. The van der Waals surface area contributed by atoms with E-state index in [4.69, 9.17) is 9.84 Å². The molecule has 0 radical (unpaired) electrons. The van der Waals surface area contributed by atoms with Crippen molar-refractivity contribution in [3.05, 3.63) is 45.9 Å². The van der Waals surface area contributed by atoms with E-state index in [-0.39, 0.29) is 5.56 Å². The highest BCUT2D eigenvalue weighted by molar-refractivity contribution is 5.88. The van der Waals surface area contributed by atoms with Gasteiger partial charge in [0.1, 0.15) is 11.3 Å². The first-order valence-electron chi connectivity index (χ1n) is 5.22. The average Bonchev–Trinajstić information content (AvgIpc) is 2.33. The summed E-state index contributed by atoms with van der Waals surface area (Å²) in [6, 6.07) is 4.90. The van der Waals surface area contributed by atoms with Gasteiger partial charge in [-0.2, -0.15) is 0 Å².